The maximum absolute atomic E-state index is 14.3. The van der Waals surface area contributed by atoms with Gasteiger partial charge in [0.05, 0.1) is 24.9 Å². The van der Waals surface area contributed by atoms with Crippen LogP contribution < -0.4 is 14.4 Å². The normalized spacial score (nSPS) is 24.5. The second-order valence-corrected chi connectivity index (χ2v) is 15.7. The van der Waals surface area contributed by atoms with E-state index in [9.17, 15) is 18.5 Å². The topological polar surface area (TPSA) is 144 Å². The molecule has 3 atom stereocenters. The number of hydrogen-bond donors (Lipinski definition) is 3. The monoisotopic (exact) mass is 661 g/mol. The minimum absolute atomic E-state index is 0.0770. The van der Waals surface area contributed by atoms with Crippen LogP contribution in [-0.4, -0.2) is 104 Å². The van der Waals surface area contributed by atoms with E-state index in [0.29, 0.717) is 31.0 Å². The number of carbonyl (C=O) groups excluding carboxylic acids is 1. The highest BCUT2D eigenvalue weighted by molar-refractivity contribution is 7.90. The van der Waals surface area contributed by atoms with E-state index >= 15 is 0 Å². The first-order valence-electron chi connectivity index (χ1n) is 16.2. The number of hydrogen-bond acceptors (Lipinski definition) is 10. The number of carbonyl (C=O) groups is 1. The predicted molar refractivity (Wildman–Crippen MR) is 174 cm³/mol. The number of nitrogens with one attached hydrogen (secondary N) is 2. The van der Waals surface area contributed by atoms with E-state index in [2.05, 4.69) is 24.5 Å². The average molecular weight is 662 g/mol. The molecule has 1 aromatic heterocycles. The van der Waals surface area contributed by atoms with Gasteiger partial charge < -0.3 is 24.4 Å². The van der Waals surface area contributed by atoms with Crippen LogP contribution in [0.25, 0.3) is 0 Å². The molecule has 3 saturated heterocycles. The fourth-order valence-electron chi connectivity index (χ4n) is 6.85. The lowest BCUT2D eigenvalue weighted by atomic mass is 9.72. The Morgan fingerprint density at radius 1 is 1.22 bits per heavy atom. The molecule has 4 heterocycles. The van der Waals surface area contributed by atoms with Crippen LogP contribution in [0.4, 0.5) is 10.2 Å². The third kappa shape index (κ3) is 7.79. The van der Waals surface area contributed by atoms with Crippen LogP contribution in [0.15, 0.2) is 30.7 Å². The molecule has 3 aliphatic rings. The number of nitrogens with zero attached hydrogens (tertiary/aromatic N) is 5. The number of piperidine rings is 1. The van der Waals surface area contributed by atoms with Crippen molar-refractivity contribution in [1.82, 2.24) is 24.5 Å². The SMILES string of the molecule is CCS(=N)(=O)N[C@@H]1CC[C@](O)(CN2CCC3(CC2)CN(c2ncncc2Oc2ccc(F)cc2C(=O)N(C(C)C)C(C)C)C3)OC1. The second-order valence-electron chi connectivity index (χ2n) is 13.6. The molecule has 14 heteroatoms. The van der Waals surface area contributed by atoms with Crippen molar-refractivity contribution >= 4 is 21.6 Å². The second kappa shape index (κ2) is 13.7. The zero-order valence-electron chi connectivity index (χ0n) is 27.5. The number of anilines is 1. The Kier molecular flexibility index (Phi) is 10.2. The summed E-state index contributed by atoms with van der Waals surface area (Å²) in [5.41, 5.74) is 0.265. The number of rotatable bonds is 11. The fraction of sp³-hybridized carbons (Fsp3) is 0.656. The number of β-amino-alcohol motifs (C(OH)–C–C–N with tert-alkyl or cyclic N) is 1. The summed E-state index contributed by atoms with van der Waals surface area (Å²) in [4.78, 5) is 28.3. The number of benzene rings is 1. The maximum Gasteiger partial charge on any atom is 0.258 e. The molecule has 0 saturated carbocycles. The predicted octanol–water partition coefficient (Wildman–Crippen LogP) is 4.01. The van der Waals surface area contributed by atoms with Crippen LogP contribution in [0.1, 0.15) is 70.7 Å². The van der Waals surface area contributed by atoms with Crippen LogP contribution in [0.5, 0.6) is 11.5 Å². The van der Waals surface area contributed by atoms with Gasteiger partial charge in [-0.25, -0.2) is 28.1 Å². The lowest BCUT2D eigenvalue weighted by Gasteiger charge is -2.55. The average Bonchev–Trinajstić information content (AvgIpc) is 2.98. The summed E-state index contributed by atoms with van der Waals surface area (Å²) < 4.78 is 49.2. The number of halogens is 1. The van der Waals surface area contributed by atoms with Crippen molar-refractivity contribution in [1.29, 1.82) is 4.78 Å². The summed E-state index contributed by atoms with van der Waals surface area (Å²) in [5.74, 6) is -0.553. The zero-order valence-corrected chi connectivity index (χ0v) is 28.3. The molecule has 254 valence electrons. The van der Waals surface area contributed by atoms with Crippen LogP contribution in [0.2, 0.25) is 0 Å². The summed E-state index contributed by atoms with van der Waals surface area (Å²) in [6.45, 7) is 13.3. The van der Waals surface area contributed by atoms with Gasteiger partial charge in [-0.05, 0) is 78.2 Å². The van der Waals surface area contributed by atoms with Gasteiger partial charge in [-0.2, -0.15) is 0 Å². The molecule has 5 rings (SSSR count). The van der Waals surface area contributed by atoms with Crippen molar-refractivity contribution in [3.8, 4) is 11.5 Å². The zero-order chi connectivity index (χ0) is 33.3. The molecule has 2 aromatic rings. The molecule has 0 aliphatic carbocycles. The lowest BCUT2D eigenvalue weighted by Crippen LogP contribution is -2.62. The van der Waals surface area contributed by atoms with Crippen LogP contribution >= 0.6 is 0 Å². The Hall–Kier alpha value is -2.91. The lowest BCUT2D eigenvalue weighted by molar-refractivity contribution is -0.239. The van der Waals surface area contributed by atoms with E-state index in [4.69, 9.17) is 14.3 Å². The van der Waals surface area contributed by atoms with Crippen molar-refractivity contribution in [3.63, 3.8) is 0 Å². The quantitative estimate of drug-likeness (QED) is 0.326. The Morgan fingerprint density at radius 3 is 2.52 bits per heavy atom. The third-order valence-electron chi connectivity index (χ3n) is 9.34. The molecule has 0 radical (unpaired) electrons. The minimum Gasteiger partial charge on any atom is -0.451 e. The van der Waals surface area contributed by atoms with Gasteiger partial charge in [0.15, 0.2) is 17.4 Å². The first kappa shape index (κ1) is 34.4. The molecule has 1 unspecified atom stereocenters. The largest absolute Gasteiger partial charge is 0.451 e. The Labute approximate surface area is 271 Å². The molecule has 1 amide bonds. The minimum atomic E-state index is -2.82. The summed E-state index contributed by atoms with van der Waals surface area (Å²) in [6, 6.07) is 3.63. The van der Waals surface area contributed by atoms with Gasteiger partial charge in [0.1, 0.15) is 27.8 Å². The van der Waals surface area contributed by atoms with E-state index < -0.39 is 21.5 Å². The van der Waals surface area contributed by atoms with E-state index in [1.807, 2.05) is 27.7 Å². The number of aromatic nitrogens is 2. The van der Waals surface area contributed by atoms with Crippen molar-refractivity contribution in [3.05, 3.63) is 42.1 Å². The first-order chi connectivity index (χ1) is 21.7. The number of aliphatic hydroxyl groups is 1. The third-order valence-corrected chi connectivity index (χ3v) is 10.9. The van der Waals surface area contributed by atoms with Gasteiger partial charge in [-0.3, -0.25) is 9.69 Å². The highest BCUT2D eigenvalue weighted by Crippen LogP contribution is 2.45. The molecular formula is C32H48FN7O5S. The molecule has 1 spiro atoms. The molecule has 46 heavy (non-hydrogen) atoms. The first-order valence-corrected chi connectivity index (χ1v) is 17.9. The highest BCUT2D eigenvalue weighted by atomic mass is 32.2. The highest BCUT2D eigenvalue weighted by Gasteiger charge is 2.47. The number of likely N-dealkylation sites (tertiary alicyclic amines) is 1. The maximum atomic E-state index is 14.3. The van der Waals surface area contributed by atoms with Gasteiger partial charge in [0.25, 0.3) is 5.91 Å². The van der Waals surface area contributed by atoms with E-state index in [-0.39, 0.29) is 53.1 Å². The Balaban J connectivity index is 1.18. The molecule has 12 nitrogen and oxygen atoms in total. The van der Waals surface area contributed by atoms with Gasteiger partial charge in [0.2, 0.25) is 0 Å². The molecule has 1 aromatic carbocycles. The molecule has 3 fully saturated rings. The van der Waals surface area contributed by atoms with E-state index in [1.54, 1.807) is 18.0 Å². The van der Waals surface area contributed by atoms with Crippen molar-refractivity contribution < 1.29 is 28.0 Å². The molecule has 3 N–H and O–H groups in total. The summed E-state index contributed by atoms with van der Waals surface area (Å²) >= 11 is 0. The van der Waals surface area contributed by atoms with Crippen molar-refractivity contribution in [2.45, 2.75) is 84.2 Å². The van der Waals surface area contributed by atoms with Gasteiger partial charge >= 0.3 is 0 Å². The van der Waals surface area contributed by atoms with Crippen LogP contribution in [-0.2, 0) is 14.7 Å². The Bertz CT molecular complexity index is 1480. The molecule has 0 bridgehead atoms. The standard InChI is InChI=1S/C32H48FN7O5S/c1-6-46(34,43)37-25-9-10-32(42,44-17-25)20-38-13-11-31(12-14-38)18-39(19-31)29-28(16-35-21-36-29)45-27-8-7-24(33)15-26(27)30(41)40(22(2)3)23(4)5/h7-8,15-16,21-23,25,42H,6,9-14,17-20H2,1-5H3,(H2,34,37,43)/t25-,32-,46?/m1/s1. The van der Waals surface area contributed by atoms with Crippen LogP contribution in [0.3, 0.4) is 0 Å². The van der Waals surface area contributed by atoms with Crippen molar-refractivity contribution in [2.75, 3.05) is 50.0 Å². The van der Waals surface area contributed by atoms with Gasteiger partial charge in [-0.1, -0.05) is 6.92 Å². The van der Waals surface area contributed by atoms with E-state index in [0.717, 1.165) is 39.0 Å². The van der Waals surface area contributed by atoms with Crippen LogP contribution in [0, 0.1) is 16.0 Å². The van der Waals surface area contributed by atoms with E-state index in [1.165, 1.54) is 24.5 Å². The summed E-state index contributed by atoms with van der Waals surface area (Å²) in [6.07, 6.45) is 5.99. The summed E-state index contributed by atoms with van der Waals surface area (Å²) in [5, 5.41) is 11.1. The Morgan fingerprint density at radius 2 is 1.91 bits per heavy atom. The summed E-state index contributed by atoms with van der Waals surface area (Å²) in [7, 11) is -2.82. The smallest absolute Gasteiger partial charge is 0.258 e. The van der Waals surface area contributed by atoms with Crippen molar-refractivity contribution in [2.24, 2.45) is 5.41 Å². The number of ether oxygens (including phenoxy) is 2. The van der Waals surface area contributed by atoms with Gasteiger partial charge in [0, 0.05) is 48.8 Å². The molecule has 3 aliphatic heterocycles. The van der Waals surface area contributed by atoms with Gasteiger partial charge in [-0.15, -0.1) is 0 Å². The fourth-order valence-corrected chi connectivity index (χ4v) is 7.74. The number of amides is 1. The molecular weight excluding hydrogens is 613 g/mol.